The summed E-state index contributed by atoms with van der Waals surface area (Å²) in [5, 5.41) is 9.40. The van der Waals surface area contributed by atoms with E-state index >= 15 is 0 Å². The molecule has 7 nitrogen and oxygen atoms in total. The lowest BCUT2D eigenvalue weighted by atomic mass is 9.99. The van der Waals surface area contributed by atoms with E-state index in [1.54, 1.807) is 26.0 Å². The Balaban J connectivity index is 1.80. The SMILES string of the molecule is Cc1oc(-c2ccco2)nc1CC(=O)N1CCCC1(C)C(=O)O. The summed E-state index contributed by atoms with van der Waals surface area (Å²) in [5.41, 5.74) is -0.639. The summed E-state index contributed by atoms with van der Waals surface area (Å²) in [6.07, 6.45) is 2.68. The number of carboxylic acids is 1. The van der Waals surface area contributed by atoms with Gasteiger partial charge in [0.25, 0.3) is 5.89 Å². The molecule has 0 saturated carbocycles. The minimum atomic E-state index is -1.14. The van der Waals surface area contributed by atoms with Crippen LogP contribution in [0, 0.1) is 6.92 Å². The molecule has 0 spiro atoms. The van der Waals surface area contributed by atoms with Gasteiger partial charge in [0.1, 0.15) is 11.3 Å². The molecule has 1 aliphatic rings. The molecule has 1 aliphatic heterocycles. The molecule has 0 aliphatic carbocycles. The zero-order valence-electron chi connectivity index (χ0n) is 13.0. The van der Waals surface area contributed by atoms with Gasteiger partial charge >= 0.3 is 5.97 Å². The highest BCUT2D eigenvalue weighted by Gasteiger charge is 2.45. The molecule has 0 bridgehead atoms. The van der Waals surface area contributed by atoms with Gasteiger partial charge in [-0.1, -0.05) is 0 Å². The molecule has 3 heterocycles. The second kappa shape index (κ2) is 5.57. The molecule has 122 valence electrons. The van der Waals surface area contributed by atoms with E-state index in [2.05, 4.69) is 4.98 Å². The van der Waals surface area contributed by atoms with Gasteiger partial charge in [-0.05, 0) is 38.8 Å². The smallest absolute Gasteiger partial charge is 0.329 e. The molecule has 2 aromatic rings. The molecule has 1 atom stereocenters. The van der Waals surface area contributed by atoms with Crippen LogP contribution >= 0.6 is 0 Å². The third-order valence-electron chi connectivity index (χ3n) is 4.35. The second-order valence-electron chi connectivity index (χ2n) is 5.90. The first-order valence-corrected chi connectivity index (χ1v) is 7.46. The number of oxazole rings is 1. The van der Waals surface area contributed by atoms with Crippen molar-refractivity contribution in [2.45, 2.75) is 38.6 Å². The van der Waals surface area contributed by atoms with E-state index < -0.39 is 11.5 Å². The van der Waals surface area contributed by atoms with Crippen LogP contribution in [0.5, 0.6) is 0 Å². The second-order valence-corrected chi connectivity index (χ2v) is 5.90. The van der Waals surface area contributed by atoms with Crippen molar-refractivity contribution in [3.63, 3.8) is 0 Å². The fourth-order valence-electron chi connectivity index (χ4n) is 2.92. The highest BCUT2D eigenvalue weighted by Crippen LogP contribution is 2.30. The van der Waals surface area contributed by atoms with Crippen molar-refractivity contribution in [3.05, 3.63) is 29.9 Å². The standard InChI is InChI=1S/C16H18N2O5/c1-10-11(17-14(23-10)12-5-3-8-22-12)9-13(19)18-7-4-6-16(18,2)15(20)21/h3,5,8H,4,6-7,9H2,1-2H3,(H,20,21). The maximum atomic E-state index is 12.5. The van der Waals surface area contributed by atoms with Crippen LogP contribution in [-0.4, -0.2) is 39.0 Å². The van der Waals surface area contributed by atoms with E-state index in [-0.39, 0.29) is 12.3 Å². The number of furan rings is 1. The Kier molecular flexibility index (Phi) is 3.71. The Labute approximate surface area is 132 Å². The van der Waals surface area contributed by atoms with Crippen molar-refractivity contribution in [2.75, 3.05) is 6.54 Å². The average Bonchev–Trinajstić information content (AvgIpc) is 3.20. The van der Waals surface area contributed by atoms with Crippen LogP contribution in [0.15, 0.2) is 27.2 Å². The fraction of sp³-hybridized carbons (Fsp3) is 0.438. The van der Waals surface area contributed by atoms with Crippen LogP contribution in [0.2, 0.25) is 0 Å². The van der Waals surface area contributed by atoms with Gasteiger partial charge in [-0.2, -0.15) is 0 Å². The average molecular weight is 318 g/mol. The van der Waals surface area contributed by atoms with Gasteiger partial charge in [0.2, 0.25) is 5.91 Å². The topological polar surface area (TPSA) is 96.8 Å². The van der Waals surface area contributed by atoms with Gasteiger partial charge in [0.05, 0.1) is 18.4 Å². The summed E-state index contributed by atoms with van der Waals surface area (Å²) < 4.78 is 10.8. The van der Waals surface area contributed by atoms with Crippen LogP contribution in [-0.2, 0) is 16.0 Å². The minimum Gasteiger partial charge on any atom is -0.480 e. The summed E-state index contributed by atoms with van der Waals surface area (Å²) in [6, 6.07) is 3.45. The van der Waals surface area contributed by atoms with E-state index in [1.807, 2.05) is 0 Å². The van der Waals surface area contributed by atoms with Gasteiger partial charge in [-0.3, -0.25) is 4.79 Å². The van der Waals surface area contributed by atoms with Crippen molar-refractivity contribution >= 4 is 11.9 Å². The van der Waals surface area contributed by atoms with Gasteiger partial charge in [0, 0.05) is 6.54 Å². The number of aryl methyl sites for hydroxylation is 1. The Morgan fingerprint density at radius 3 is 2.91 bits per heavy atom. The number of carbonyl (C=O) groups excluding carboxylic acids is 1. The number of nitrogens with zero attached hydrogens (tertiary/aromatic N) is 2. The number of carbonyl (C=O) groups is 2. The third kappa shape index (κ3) is 2.62. The highest BCUT2D eigenvalue weighted by molar-refractivity contribution is 5.88. The summed E-state index contributed by atoms with van der Waals surface area (Å²) in [6.45, 7) is 3.76. The summed E-state index contributed by atoms with van der Waals surface area (Å²) >= 11 is 0. The predicted molar refractivity (Wildman–Crippen MR) is 79.6 cm³/mol. The molecular weight excluding hydrogens is 300 g/mol. The van der Waals surface area contributed by atoms with Crippen LogP contribution in [0.3, 0.4) is 0 Å². The van der Waals surface area contributed by atoms with Gasteiger partial charge in [-0.15, -0.1) is 0 Å². The Morgan fingerprint density at radius 2 is 2.26 bits per heavy atom. The zero-order valence-corrected chi connectivity index (χ0v) is 13.0. The first-order chi connectivity index (χ1) is 10.9. The van der Waals surface area contributed by atoms with E-state index in [9.17, 15) is 14.7 Å². The number of aliphatic carboxylic acids is 1. The minimum absolute atomic E-state index is 0.0128. The van der Waals surface area contributed by atoms with Gasteiger partial charge in [-0.25, -0.2) is 9.78 Å². The van der Waals surface area contributed by atoms with Gasteiger partial charge in [0.15, 0.2) is 5.76 Å². The Hall–Kier alpha value is -2.57. The van der Waals surface area contributed by atoms with E-state index in [0.29, 0.717) is 42.5 Å². The number of amides is 1. The highest BCUT2D eigenvalue weighted by atomic mass is 16.4. The van der Waals surface area contributed by atoms with Crippen LogP contribution in [0.25, 0.3) is 11.7 Å². The summed E-state index contributed by atoms with van der Waals surface area (Å²) in [7, 11) is 0. The number of hydrogen-bond donors (Lipinski definition) is 1. The molecule has 1 unspecified atom stereocenters. The van der Waals surface area contributed by atoms with Crippen molar-refractivity contribution in [3.8, 4) is 11.7 Å². The molecule has 1 amide bonds. The number of aromatic nitrogens is 1. The van der Waals surface area contributed by atoms with E-state index in [4.69, 9.17) is 8.83 Å². The number of hydrogen-bond acceptors (Lipinski definition) is 5. The quantitative estimate of drug-likeness (QED) is 0.928. The Morgan fingerprint density at radius 1 is 1.48 bits per heavy atom. The molecular formula is C16H18N2O5. The first kappa shape index (κ1) is 15.3. The molecule has 0 radical (unpaired) electrons. The number of carboxylic acid groups (broad SMARTS) is 1. The normalized spacial score (nSPS) is 20.9. The van der Waals surface area contributed by atoms with Crippen molar-refractivity contribution in [2.24, 2.45) is 0 Å². The van der Waals surface area contributed by atoms with E-state index in [0.717, 1.165) is 0 Å². The zero-order chi connectivity index (χ0) is 16.6. The summed E-state index contributed by atoms with van der Waals surface area (Å²) in [5.74, 6) is 0.105. The van der Waals surface area contributed by atoms with Crippen molar-refractivity contribution < 1.29 is 23.5 Å². The summed E-state index contributed by atoms with van der Waals surface area (Å²) in [4.78, 5) is 29.7. The largest absolute Gasteiger partial charge is 0.480 e. The third-order valence-corrected chi connectivity index (χ3v) is 4.35. The lowest BCUT2D eigenvalue weighted by Gasteiger charge is -2.31. The maximum absolute atomic E-state index is 12.5. The molecule has 1 fully saturated rings. The van der Waals surface area contributed by atoms with Crippen molar-refractivity contribution in [1.82, 2.24) is 9.88 Å². The van der Waals surface area contributed by atoms with E-state index in [1.165, 1.54) is 11.2 Å². The molecule has 7 heteroatoms. The molecule has 3 rings (SSSR count). The first-order valence-electron chi connectivity index (χ1n) is 7.46. The molecule has 0 aromatic carbocycles. The number of likely N-dealkylation sites (tertiary alicyclic amines) is 1. The fourth-order valence-corrected chi connectivity index (χ4v) is 2.92. The lowest BCUT2D eigenvalue weighted by molar-refractivity contribution is -0.155. The maximum Gasteiger partial charge on any atom is 0.329 e. The van der Waals surface area contributed by atoms with Crippen LogP contribution in [0.4, 0.5) is 0 Å². The van der Waals surface area contributed by atoms with Crippen LogP contribution in [0.1, 0.15) is 31.2 Å². The predicted octanol–water partition coefficient (Wildman–Crippen LogP) is 2.25. The number of rotatable bonds is 4. The molecule has 23 heavy (non-hydrogen) atoms. The van der Waals surface area contributed by atoms with Crippen molar-refractivity contribution in [1.29, 1.82) is 0 Å². The molecule has 2 aromatic heterocycles. The molecule has 1 saturated heterocycles. The van der Waals surface area contributed by atoms with Gasteiger partial charge < -0.3 is 18.8 Å². The molecule has 1 N–H and O–H groups in total. The Bertz CT molecular complexity index is 734. The monoisotopic (exact) mass is 318 g/mol. The lowest BCUT2D eigenvalue weighted by Crippen LogP contribution is -2.51. The van der Waals surface area contributed by atoms with Crippen LogP contribution < -0.4 is 0 Å².